The van der Waals surface area contributed by atoms with Crippen molar-refractivity contribution in [2.45, 2.75) is 50.8 Å². The van der Waals surface area contributed by atoms with Crippen molar-refractivity contribution in [3.8, 4) is 0 Å². The Balaban J connectivity index is 2.53. The SMILES string of the molecule is C[C@@H](O)[C@H](NC(=O)C1CCCCCN1)C(=O)O. The number of hydrogen-bond donors (Lipinski definition) is 4. The molecule has 1 saturated heterocycles. The fourth-order valence-corrected chi connectivity index (χ4v) is 1.89. The summed E-state index contributed by atoms with van der Waals surface area (Å²) in [6.07, 6.45) is 2.66. The average Bonchev–Trinajstić information content (AvgIpc) is 2.52. The third-order valence-electron chi connectivity index (χ3n) is 2.92. The summed E-state index contributed by atoms with van der Waals surface area (Å²) in [6, 6.07) is -1.59. The van der Waals surface area contributed by atoms with Gasteiger partial charge in [0.1, 0.15) is 0 Å². The number of aliphatic hydroxyl groups excluding tert-OH is 1. The van der Waals surface area contributed by atoms with Gasteiger partial charge in [0.2, 0.25) is 5.91 Å². The number of carboxylic acids is 1. The highest BCUT2D eigenvalue weighted by atomic mass is 16.4. The van der Waals surface area contributed by atoms with E-state index in [1.54, 1.807) is 0 Å². The molecule has 0 aliphatic carbocycles. The lowest BCUT2D eigenvalue weighted by Gasteiger charge is -2.21. The van der Waals surface area contributed by atoms with E-state index in [9.17, 15) is 14.7 Å². The molecule has 1 rings (SSSR count). The molecule has 0 aromatic heterocycles. The van der Waals surface area contributed by atoms with Crippen molar-refractivity contribution in [3.63, 3.8) is 0 Å². The molecule has 1 unspecified atom stereocenters. The summed E-state index contributed by atoms with van der Waals surface area (Å²) in [5.74, 6) is -1.57. The minimum atomic E-state index is -1.24. The number of carboxylic acid groups (broad SMARTS) is 1. The normalized spacial score (nSPS) is 24.5. The maximum atomic E-state index is 11.8. The van der Waals surface area contributed by atoms with E-state index in [-0.39, 0.29) is 11.9 Å². The van der Waals surface area contributed by atoms with Crippen molar-refractivity contribution < 1.29 is 19.8 Å². The minimum absolute atomic E-state index is 0.347. The lowest BCUT2D eigenvalue weighted by molar-refractivity contribution is -0.145. The molecule has 98 valence electrons. The molecule has 0 radical (unpaired) electrons. The third-order valence-corrected chi connectivity index (χ3v) is 2.92. The fraction of sp³-hybridized carbons (Fsp3) is 0.818. The lowest BCUT2D eigenvalue weighted by Crippen LogP contribution is -2.53. The van der Waals surface area contributed by atoms with Crippen LogP contribution in [0.1, 0.15) is 32.6 Å². The Hall–Kier alpha value is -1.14. The molecule has 1 amide bonds. The van der Waals surface area contributed by atoms with E-state index in [4.69, 9.17) is 5.11 Å². The molecule has 17 heavy (non-hydrogen) atoms. The maximum absolute atomic E-state index is 11.8. The van der Waals surface area contributed by atoms with Gasteiger partial charge in [0.25, 0.3) is 0 Å². The monoisotopic (exact) mass is 244 g/mol. The van der Waals surface area contributed by atoms with E-state index in [1.807, 2.05) is 0 Å². The maximum Gasteiger partial charge on any atom is 0.328 e. The number of aliphatic carboxylic acids is 1. The molecule has 1 heterocycles. The highest BCUT2D eigenvalue weighted by Crippen LogP contribution is 2.08. The van der Waals surface area contributed by atoms with E-state index in [0.717, 1.165) is 25.8 Å². The molecule has 0 spiro atoms. The average molecular weight is 244 g/mol. The van der Waals surface area contributed by atoms with Gasteiger partial charge in [-0.3, -0.25) is 4.79 Å². The van der Waals surface area contributed by atoms with Crippen LogP contribution in [0.25, 0.3) is 0 Å². The van der Waals surface area contributed by atoms with Crippen LogP contribution in [0.2, 0.25) is 0 Å². The fourth-order valence-electron chi connectivity index (χ4n) is 1.89. The molecular formula is C11H20N2O4. The number of carbonyl (C=O) groups is 2. The smallest absolute Gasteiger partial charge is 0.328 e. The number of nitrogens with one attached hydrogen (secondary N) is 2. The van der Waals surface area contributed by atoms with Crippen molar-refractivity contribution in [2.24, 2.45) is 0 Å². The predicted octanol–water partition coefficient (Wildman–Crippen LogP) is -0.531. The number of amides is 1. The molecule has 6 heteroatoms. The van der Waals surface area contributed by atoms with Crippen molar-refractivity contribution in [1.82, 2.24) is 10.6 Å². The predicted molar refractivity (Wildman–Crippen MR) is 61.5 cm³/mol. The first-order chi connectivity index (χ1) is 8.02. The molecule has 6 nitrogen and oxygen atoms in total. The minimum Gasteiger partial charge on any atom is -0.480 e. The van der Waals surface area contributed by atoms with Gasteiger partial charge in [-0.1, -0.05) is 12.8 Å². The van der Waals surface area contributed by atoms with Crippen LogP contribution < -0.4 is 10.6 Å². The Morgan fingerprint density at radius 2 is 2.06 bits per heavy atom. The Morgan fingerprint density at radius 3 is 2.65 bits per heavy atom. The molecule has 4 N–H and O–H groups in total. The largest absolute Gasteiger partial charge is 0.480 e. The van der Waals surface area contributed by atoms with Gasteiger partial charge in [0.05, 0.1) is 12.1 Å². The second-order valence-electron chi connectivity index (χ2n) is 4.42. The van der Waals surface area contributed by atoms with Crippen LogP contribution in [0.3, 0.4) is 0 Å². The van der Waals surface area contributed by atoms with Crippen molar-refractivity contribution in [1.29, 1.82) is 0 Å². The van der Waals surface area contributed by atoms with Gasteiger partial charge in [-0.2, -0.15) is 0 Å². The second kappa shape index (κ2) is 6.56. The van der Waals surface area contributed by atoms with E-state index in [2.05, 4.69) is 10.6 Å². The number of rotatable bonds is 4. The molecule has 0 bridgehead atoms. The number of hydrogen-bond acceptors (Lipinski definition) is 4. The molecule has 0 aromatic rings. The van der Waals surface area contributed by atoms with E-state index in [0.29, 0.717) is 6.42 Å². The second-order valence-corrected chi connectivity index (χ2v) is 4.42. The molecule has 1 aliphatic rings. The van der Waals surface area contributed by atoms with Crippen molar-refractivity contribution in [2.75, 3.05) is 6.54 Å². The van der Waals surface area contributed by atoms with Crippen LogP contribution in [-0.4, -0.2) is 46.8 Å². The molecule has 0 aromatic carbocycles. The van der Waals surface area contributed by atoms with Crippen LogP contribution in [0.15, 0.2) is 0 Å². The van der Waals surface area contributed by atoms with Gasteiger partial charge < -0.3 is 20.8 Å². The van der Waals surface area contributed by atoms with Gasteiger partial charge in [0, 0.05) is 0 Å². The van der Waals surface area contributed by atoms with Crippen molar-refractivity contribution in [3.05, 3.63) is 0 Å². The Bertz CT molecular complexity index is 273. The zero-order chi connectivity index (χ0) is 12.8. The van der Waals surface area contributed by atoms with Gasteiger partial charge >= 0.3 is 5.97 Å². The van der Waals surface area contributed by atoms with E-state index >= 15 is 0 Å². The standard InChI is InChI=1S/C11H20N2O4/c1-7(14)9(11(16)17)13-10(15)8-5-3-2-4-6-12-8/h7-9,12,14H,2-6H2,1H3,(H,13,15)(H,16,17)/t7-,8?,9+/m1/s1. The van der Waals surface area contributed by atoms with Crippen LogP contribution in [-0.2, 0) is 9.59 Å². The van der Waals surface area contributed by atoms with Crippen LogP contribution >= 0.6 is 0 Å². The zero-order valence-electron chi connectivity index (χ0n) is 9.98. The summed E-state index contributed by atoms with van der Waals surface area (Å²) in [5, 5.41) is 23.6. The number of aliphatic hydroxyl groups is 1. The first kappa shape index (κ1) is 13.9. The third kappa shape index (κ3) is 4.32. The van der Waals surface area contributed by atoms with E-state index < -0.39 is 18.1 Å². The summed E-state index contributed by atoms with van der Waals surface area (Å²) in [6.45, 7) is 2.12. The first-order valence-corrected chi connectivity index (χ1v) is 5.97. The summed E-state index contributed by atoms with van der Waals surface area (Å²) in [5.41, 5.74) is 0. The molecule has 3 atom stereocenters. The van der Waals surface area contributed by atoms with Crippen LogP contribution in [0, 0.1) is 0 Å². The Morgan fingerprint density at radius 1 is 1.35 bits per heavy atom. The zero-order valence-corrected chi connectivity index (χ0v) is 9.98. The first-order valence-electron chi connectivity index (χ1n) is 5.97. The quantitative estimate of drug-likeness (QED) is 0.533. The summed E-state index contributed by atoms with van der Waals surface area (Å²) in [7, 11) is 0. The van der Waals surface area contributed by atoms with E-state index in [1.165, 1.54) is 6.92 Å². The van der Waals surface area contributed by atoms with Gasteiger partial charge in [-0.15, -0.1) is 0 Å². The van der Waals surface area contributed by atoms with Crippen molar-refractivity contribution >= 4 is 11.9 Å². The molecule has 1 aliphatic heterocycles. The molecular weight excluding hydrogens is 224 g/mol. The lowest BCUT2D eigenvalue weighted by atomic mass is 10.1. The highest BCUT2D eigenvalue weighted by molar-refractivity contribution is 5.87. The van der Waals surface area contributed by atoms with Gasteiger partial charge in [0.15, 0.2) is 6.04 Å². The summed E-state index contributed by atoms with van der Waals surface area (Å²) < 4.78 is 0. The summed E-state index contributed by atoms with van der Waals surface area (Å²) in [4.78, 5) is 22.7. The molecule has 1 fully saturated rings. The van der Waals surface area contributed by atoms with Gasteiger partial charge in [-0.25, -0.2) is 4.79 Å². The van der Waals surface area contributed by atoms with Crippen LogP contribution in [0.4, 0.5) is 0 Å². The molecule has 0 saturated carbocycles. The Kier molecular flexibility index (Phi) is 5.37. The Labute approximate surface area is 100 Å². The van der Waals surface area contributed by atoms with Gasteiger partial charge in [-0.05, 0) is 26.3 Å². The topological polar surface area (TPSA) is 98.7 Å². The highest BCUT2D eigenvalue weighted by Gasteiger charge is 2.28. The number of carbonyl (C=O) groups excluding carboxylic acids is 1. The summed E-state index contributed by atoms with van der Waals surface area (Å²) >= 11 is 0. The van der Waals surface area contributed by atoms with Crippen LogP contribution in [0.5, 0.6) is 0 Å².